The zero-order valence-corrected chi connectivity index (χ0v) is 10.5. The zero-order valence-electron chi connectivity index (χ0n) is 10.5. The van der Waals surface area contributed by atoms with Crippen LogP contribution >= 0.6 is 0 Å². The van der Waals surface area contributed by atoms with Crippen molar-refractivity contribution in [1.29, 1.82) is 0 Å². The van der Waals surface area contributed by atoms with Gasteiger partial charge in [0, 0.05) is 12.0 Å². The van der Waals surface area contributed by atoms with Gasteiger partial charge in [0.05, 0.1) is 12.8 Å². The third-order valence-corrected chi connectivity index (χ3v) is 2.86. The average Bonchev–Trinajstić information content (AvgIpc) is 2.41. The lowest BCUT2D eigenvalue weighted by Gasteiger charge is -2.09. The number of carbonyl (C=O) groups is 1. The Morgan fingerprint density at radius 3 is 2.53 bits per heavy atom. The number of hydrogen-bond donors (Lipinski definition) is 1. The first-order valence-electron chi connectivity index (χ1n) is 5.82. The number of nitrogens with two attached hydrogens (primary N) is 1. The van der Waals surface area contributed by atoms with Crippen LogP contribution < -0.4 is 10.5 Å². The first-order valence-corrected chi connectivity index (χ1v) is 5.82. The second-order valence-corrected chi connectivity index (χ2v) is 4.15. The van der Waals surface area contributed by atoms with Crippen LogP contribution in [0.25, 0.3) is 0 Å². The fourth-order valence-corrected chi connectivity index (χ4v) is 1.85. The van der Waals surface area contributed by atoms with Crippen LogP contribution in [0.15, 0.2) is 42.5 Å². The van der Waals surface area contributed by atoms with Crippen molar-refractivity contribution in [3.8, 4) is 5.75 Å². The first-order chi connectivity index (χ1) is 9.11. The highest BCUT2D eigenvalue weighted by molar-refractivity contribution is 6.03. The van der Waals surface area contributed by atoms with Gasteiger partial charge in [-0.15, -0.1) is 0 Å². The van der Waals surface area contributed by atoms with Crippen LogP contribution in [0.1, 0.15) is 15.9 Å². The highest BCUT2D eigenvalue weighted by Crippen LogP contribution is 2.25. The van der Waals surface area contributed by atoms with E-state index in [0.717, 1.165) is 5.56 Å². The molecule has 0 radical (unpaired) electrons. The molecule has 4 heteroatoms. The summed E-state index contributed by atoms with van der Waals surface area (Å²) in [5.41, 5.74) is 7.36. The highest BCUT2D eigenvalue weighted by Gasteiger charge is 2.13. The zero-order chi connectivity index (χ0) is 13.8. The maximum absolute atomic E-state index is 12.8. The summed E-state index contributed by atoms with van der Waals surface area (Å²) in [6.07, 6.45) is 0.178. The number of rotatable bonds is 4. The lowest BCUT2D eigenvalue weighted by atomic mass is 10.0. The predicted molar refractivity (Wildman–Crippen MR) is 71.8 cm³/mol. The van der Waals surface area contributed by atoms with Gasteiger partial charge in [-0.05, 0) is 29.8 Å². The van der Waals surface area contributed by atoms with Crippen LogP contribution in [0.2, 0.25) is 0 Å². The SMILES string of the molecule is COc1cccc(C(=O)Cc2ccc(F)cc2)c1N. The fraction of sp³-hybridized carbons (Fsp3) is 0.133. The molecule has 0 aliphatic heterocycles. The molecule has 0 spiro atoms. The Hall–Kier alpha value is -2.36. The molecule has 0 aliphatic rings. The molecule has 0 saturated carbocycles. The van der Waals surface area contributed by atoms with Crippen molar-refractivity contribution < 1.29 is 13.9 Å². The molecule has 0 atom stereocenters. The van der Waals surface area contributed by atoms with Gasteiger partial charge in [-0.2, -0.15) is 0 Å². The Kier molecular flexibility index (Phi) is 3.80. The van der Waals surface area contributed by atoms with Crippen LogP contribution in [0.3, 0.4) is 0 Å². The Morgan fingerprint density at radius 1 is 1.21 bits per heavy atom. The van der Waals surface area contributed by atoms with Crippen molar-refractivity contribution in [2.24, 2.45) is 0 Å². The third-order valence-electron chi connectivity index (χ3n) is 2.86. The average molecular weight is 259 g/mol. The molecule has 2 aromatic rings. The largest absolute Gasteiger partial charge is 0.495 e. The van der Waals surface area contributed by atoms with Gasteiger partial charge >= 0.3 is 0 Å². The predicted octanol–water partition coefficient (Wildman–Crippen LogP) is 2.84. The second kappa shape index (κ2) is 5.52. The number of carbonyl (C=O) groups excluding carboxylic acids is 1. The number of halogens is 1. The first kappa shape index (κ1) is 13.1. The van der Waals surface area contributed by atoms with Crippen LogP contribution in [0.5, 0.6) is 5.75 Å². The number of Topliss-reactive ketones (excluding diaryl/α,β-unsaturated/α-hetero) is 1. The van der Waals surface area contributed by atoms with E-state index < -0.39 is 0 Å². The Bertz CT molecular complexity index is 594. The number of ketones is 1. The normalized spacial score (nSPS) is 10.2. The van der Waals surface area contributed by atoms with Gasteiger partial charge in [-0.3, -0.25) is 4.79 Å². The second-order valence-electron chi connectivity index (χ2n) is 4.15. The van der Waals surface area contributed by atoms with Crippen LogP contribution in [0, 0.1) is 5.82 Å². The number of para-hydroxylation sites is 1. The molecule has 98 valence electrons. The molecule has 0 amide bonds. The van der Waals surface area contributed by atoms with E-state index in [1.165, 1.54) is 19.2 Å². The van der Waals surface area contributed by atoms with Crippen LogP contribution in [-0.4, -0.2) is 12.9 Å². The number of nitrogen functional groups attached to an aromatic ring is 1. The number of benzene rings is 2. The van der Waals surface area contributed by atoms with Gasteiger partial charge in [0.2, 0.25) is 0 Å². The maximum Gasteiger partial charge on any atom is 0.169 e. The Balaban J connectivity index is 2.23. The van der Waals surface area contributed by atoms with Crippen molar-refractivity contribution in [2.75, 3.05) is 12.8 Å². The Labute approximate surface area is 110 Å². The molecule has 0 unspecified atom stereocenters. The molecule has 0 heterocycles. The minimum absolute atomic E-state index is 0.122. The summed E-state index contributed by atoms with van der Waals surface area (Å²) < 4.78 is 17.9. The number of hydrogen-bond acceptors (Lipinski definition) is 3. The number of anilines is 1. The van der Waals surface area contributed by atoms with E-state index >= 15 is 0 Å². The van der Waals surface area contributed by atoms with E-state index in [9.17, 15) is 9.18 Å². The maximum atomic E-state index is 12.8. The van der Waals surface area contributed by atoms with E-state index in [2.05, 4.69) is 0 Å². The van der Waals surface area contributed by atoms with Gasteiger partial charge in [0.1, 0.15) is 11.6 Å². The van der Waals surface area contributed by atoms with Gasteiger partial charge in [0.25, 0.3) is 0 Å². The summed E-state index contributed by atoms with van der Waals surface area (Å²) in [5.74, 6) is 0.0325. The molecule has 19 heavy (non-hydrogen) atoms. The quantitative estimate of drug-likeness (QED) is 0.678. The number of methoxy groups -OCH3 is 1. The summed E-state index contributed by atoms with van der Waals surface area (Å²) in [4.78, 5) is 12.2. The minimum Gasteiger partial charge on any atom is -0.495 e. The molecule has 3 nitrogen and oxygen atoms in total. The number of ether oxygens (including phenoxy) is 1. The molecule has 2 rings (SSSR count). The van der Waals surface area contributed by atoms with E-state index in [4.69, 9.17) is 10.5 Å². The molecule has 2 aromatic carbocycles. The highest BCUT2D eigenvalue weighted by atomic mass is 19.1. The standard InChI is InChI=1S/C15H14FNO2/c1-19-14-4-2-3-12(15(14)17)13(18)9-10-5-7-11(16)8-6-10/h2-8H,9,17H2,1H3. The van der Waals surface area contributed by atoms with E-state index in [1.807, 2.05) is 0 Å². The molecular formula is C15H14FNO2. The van der Waals surface area contributed by atoms with Crippen LogP contribution in [0.4, 0.5) is 10.1 Å². The van der Waals surface area contributed by atoms with Crippen LogP contribution in [-0.2, 0) is 6.42 Å². The lowest BCUT2D eigenvalue weighted by molar-refractivity contribution is 0.0993. The fourth-order valence-electron chi connectivity index (χ4n) is 1.85. The Morgan fingerprint density at radius 2 is 1.89 bits per heavy atom. The van der Waals surface area contributed by atoms with Crippen molar-refractivity contribution >= 4 is 11.5 Å². The van der Waals surface area contributed by atoms with Gasteiger partial charge < -0.3 is 10.5 Å². The lowest BCUT2D eigenvalue weighted by Crippen LogP contribution is -2.08. The van der Waals surface area contributed by atoms with Crippen molar-refractivity contribution in [3.63, 3.8) is 0 Å². The third kappa shape index (κ3) is 2.91. The van der Waals surface area contributed by atoms with Crippen molar-refractivity contribution in [2.45, 2.75) is 6.42 Å². The smallest absolute Gasteiger partial charge is 0.169 e. The minimum atomic E-state index is -0.322. The van der Waals surface area contributed by atoms with E-state index in [0.29, 0.717) is 17.0 Å². The molecule has 0 fully saturated rings. The van der Waals surface area contributed by atoms with Crippen molar-refractivity contribution in [3.05, 3.63) is 59.4 Å². The summed E-state index contributed by atoms with van der Waals surface area (Å²) in [6, 6.07) is 10.9. The summed E-state index contributed by atoms with van der Waals surface area (Å²) in [5, 5.41) is 0. The monoisotopic (exact) mass is 259 g/mol. The van der Waals surface area contributed by atoms with Crippen molar-refractivity contribution in [1.82, 2.24) is 0 Å². The molecule has 0 aromatic heterocycles. The molecular weight excluding hydrogens is 245 g/mol. The van der Waals surface area contributed by atoms with E-state index in [-0.39, 0.29) is 18.0 Å². The summed E-state index contributed by atoms with van der Waals surface area (Å²) in [6.45, 7) is 0. The molecule has 0 bridgehead atoms. The summed E-state index contributed by atoms with van der Waals surface area (Å²) >= 11 is 0. The van der Waals surface area contributed by atoms with Gasteiger partial charge in [0.15, 0.2) is 5.78 Å². The molecule has 0 saturated heterocycles. The van der Waals surface area contributed by atoms with Gasteiger partial charge in [-0.1, -0.05) is 18.2 Å². The van der Waals surface area contributed by atoms with Gasteiger partial charge in [-0.25, -0.2) is 4.39 Å². The summed E-state index contributed by atoms with van der Waals surface area (Å²) in [7, 11) is 1.50. The topological polar surface area (TPSA) is 52.3 Å². The van der Waals surface area contributed by atoms with E-state index in [1.54, 1.807) is 30.3 Å². The molecule has 2 N–H and O–H groups in total. The molecule has 0 aliphatic carbocycles.